The first-order valence-electron chi connectivity index (χ1n) is 6.03. The first-order chi connectivity index (χ1) is 9.88. The third-order valence-corrected chi connectivity index (χ3v) is 2.62. The van der Waals surface area contributed by atoms with Crippen LogP contribution in [0.5, 0.6) is 11.5 Å². The van der Waals surface area contributed by atoms with Gasteiger partial charge in [0.2, 0.25) is 0 Å². The molecule has 21 heavy (non-hydrogen) atoms. The molecule has 0 heterocycles. The lowest BCUT2D eigenvalue weighted by atomic mass is 10.1. The van der Waals surface area contributed by atoms with Gasteiger partial charge in [0.1, 0.15) is 6.54 Å². The predicted octanol–water partition coefficient (Wildman–Crippen LogP) is 1.84. The van der Waals surface area contributed by atoms with Gasteiger partial charge >= 0.3 is 12.6 Å². The Morgan fingerprint density at radius 3 is 2.48 bits per heavy atom. The van der Waals surface area contributed by atoms with Gasteiger partial charge in [-0.2, -0.15) is 8.78 Å². The molecule has 1 rings (SSSR count). The Morgan fingerprint density at radius 2 is 2.00 bits per heavy atom. The van der Waals surface area contributed by atoms with E-state index in [0.29, 0.717) is 0 Å². The van der Waals surface area contributed by atoms with Gasteiger partial charge in [-0.25, -0.2) is 0 Å². The molecule has 8 heteroatoms. The number of methoxy groups -OCH3 is 1. The number of nitrogens with zero attached hydrogens (tertiary/aromatic N) is 1. The molecule has 0 unspecified atom stereocenters. The second kappa shape index (κ2) is 7.41. The molecule has 1 aromatic carbocycles. The number of rotatable bonds is 7. The third-order valence-electron chi connectivity index (χ3n) is 2.62. The van der Waals surface area contributed by atoms with E-state index in [1.54, 1.807) is 6.92 Å². The maximum atomic E-state index is 12.2. The lowest BCUT2D eigenvalue weighted by molar-refractivity contribution is -0.137. The zero-order chi connectivity index (χ0) is 16.0. The van der Waals surface area contributed by atoms with Crippen LogP contribution in [0.4, 0.5) is 8.78 Å². The lowest BCUT2D eigenvalue weighted by Gasteiger charge is -2.19. The average Bonchev–Trinajstić information content (AvgIpc) is 2.43. The summed E-state index contributed by atoms with van der Waals surface area (Å²) in [6.45, 7) is -1.64. The van der Waals surface area contributed by atoms with Crippen molar-refractivity contribution < 1.29 is 33.0 Å². The number of benzene rings is 1. The fraction of sp³-hybridized carbons (Fsp3) is 0.385. The zero-order valence-electron chi connectivity index (χ0n) is 11.5. The summed E-state index contributed by atoms with van der Waals surface area (Å²) < 4.78 is 33.5. The summed E-state index contributed by atoms with van der Waals surface area (Å²) in [5.74, 6) is -1.92. The fourth-order valence-electron chi connectivity index (χ4n) is 1.67. The maximum absolute atomic E-state index is 12.2. The Bertz CT molecular complexity index is 521. The quantitative estimate of drug-likeness (QED) is 0.832. The number of amides is 1. The van der Waals surface area contributed by atoms with Crippen LogP contribution in [0, 0.1) is 0 Å². The molecule has 116 valence electrons. The fourth-order valence-corrected chi connectivity index (χ4v) is 1.67. The Morgan fingerprint density at radius 1 is 1.33 bits per heavy atom. The van der Waals surface area contributed by atoms with Crippen LogP contribution in [0.1, 0.15) is 17.3 Å². The van der Waals surface area contributed by atoms with Crippen molar-refractivity contribution in [2.75, 3.05) is 20.2 Å². The summed E-state index contributed by atoms with van der Waals surface area (Å²) in [6.07, 6.45) is 0. The number of carboxylic acids is 1. The van der Waals surface area contributed by atoms with E-state index in [2.05, 4.69) is 4.74 Å². The largest absolute Gasteiger partial charge is 0.493 e. The first-order valence-corrected chi connectivity index (χ1v) is 6.03. The van der Waals surface area contributed by atoms with Gasteiger partial charge in [-0.05, 0) is 25.1 Å². The molecule has 0 aliphatic heterocycles. The number of hydrogen-bond donors (Lipinski definition) is 1. The molecule has 1 aromatic rings. The van der Waals surface area contributed by atoms with Gasteiger partial charge in [0, 0.05) is 12.1 Å². The molecule has 1 N–H and O–H groups in total. The summed E-state index contributed by atoms with van der Waals surface area (Å²) in [5, 5.41) is 8.73. The number of carbonyl (C=O) groups is 2. The van der Waals surface area contributed by atoms with E-state index in [1.807, 2.05) is 0 Å². The van der Waals surface area contributed by atoms with E-state index in [0.717, 1.165) is 4.90 Å². The normalized spacial score (nSPS) is 10.3. The van der Waals surface area contributed by atoms with Gasteiger partial charge in [0.25, 0.3) is 5.91 Å². The van der Waals surface area contributed by atoms with Gasteiger partial charge in [-0.15, -0.1) is 0 Å². The molecule has 0 saturated heterocycles. The highest BCUT2D eigenvalue weighted by Gasteiger charge is 2.19. The van der Waals surface area contributed by atoms with E-state index >= 15 is 0 Å². The van der Waals surface area contributed by atoms with Crippen molar-refractivity contribution in [3.05, 3.63) is 23.8 Å². The second-order valence-electron chi connectivity index (χ2n) is 3.96. The van der Waals surface area contributed by atoms with Crippen LogP contribution in [-0.4, -0.2) is 48.7 Å². The maximum Gasteiger partial charge on any atom is 0.387 e. The second-order valence-corrected chi connectivity index (χ2v) is 3.96. The van der Waals surface area contributed by atoms with E-state index in [4.69, 9.17) is 9.84 Å². The van der Waals surface area contributed by atoms with Gasteiger partial charge < -0.3 is 19.5 Å². The molecule has 0 radical (unpaired) electrons. The number of alkyl halides is 2. The third kappa shape index (κ3) is 4.59. The molecular weight excluding hydrogens is 288 g/mol. The summed E-state index contributed by atoms with van der Waals surface area (Å²) in [6, 6.07) is 3.67. The van der Waals surface area contributed by atoms with Crippen molar-refractivity contribution in [3.8, 4) is 11.5 Å². The molecule has 0 saturated carbocycles. The van der Waals surface area contributed by atoms with Gasteiger partial charge in [-0.1, -0.05) is 0 Å². The molecule has 0 aliphatic carbocycles. The number of hydrogen-bond acceptors (Lipinski definition) is 4. The van der Waals surface area contributed by atoms with Crippen LogP contribution in [0.15, 0.2) is 18.2 Å². The van der Waals surface area contributed by atoms with E-state index in [-0.39, 0.29) is 23.6 Å². The Kier molecular flexibility index (Phi) is 5.89. The predicted molar refractivity (Wildman–Crippen MR) is 68.8 cm³/mol. The summed E-state index contributed by atoms with van der Waals surface area (Å²) >= 11 is 0. The molecule has 0 fully saturated rings. The van der Waals surface area contributed by atoms with E-state index < -0.39 is 25.0 Å². The number of carboxylic acid groups (broad SMARTS) is 1. The minimum absolute atomic E-state index is 0.0347. The number of carbonyl (C=O) groups excluding carboxylic acids is 1. The minimum atomic E-state index is -3.01. The van der Waals surface area contributed by atoms with Crippen LogP contribution in [0.25, 0.3) is 0 Å². The number of ether oxygens (including phenoxy) is 2. The Balaban J connectivity index is 3.02. The lowest BCUT2D eigenvalue weighted by Crippen LogP contribution is -2.35. The van der Waals surface area contributed by atoms with Crippen molar-refractivity contribution in [1.82, 2.24) is 4.90 Å². The van der Waals surface area contributed by atoms with Crippen molar-refractivity contribution in [1.29, 1.82) is 0 Å². The van der Waals surface area contributed by atoms with Crippen molar-refractivity contribution in [3.63, 3.8) is 0 Å². The molecule has 0 bridgehead atoms. The van der Waals surface area contributed by atoms with Gasteiger partial charge in [0.05, 0.1) is 7.11 Å². The smallest absolute Gasteiger partial charge is 0.387 e. The topological polar surface area (TPSA) is 76.1 Å². The number of halogens is 2. The standard InChI is InChI=1S/C13H15F2NO5/c1-3-16(7-11(17)18)12(19)8-4-5-9(21-13(14)15)10(6-8)20-2/h4-6,13H,3,7H2,1-2H3,(H,17,18). The van der Waals surface area contributed by atoms with E-state index in [9.17, 15) is 18.4 Å². The van der Waals surface area contributed by atoms with Crippen LogP contribution in [0.2, 0.25) is 0 Å². The highest BCUT2D eigenvalue weighted by Crippen LogP contribution is 2.29. The molecule has 0 atom stereocenters. The van der Waals surface area contributed by atoms with Crippen LogP contribution < -0.4 is 9.47 Å². The van der Waals surface area contributed by atoms with Crippen molar-refractivity contribution >= 4 is 11.9 Å². The summed E-state index contributed by atoms with van der Waals surface area (Å²) in [4.78, 5) is 23.9. The summed E-state index contributed by atoms with van der Waals surface area (Å²) in [5.41, 5.74) is 0.122. The SMILES string of the molecule is CCN(CC(=O)O)C(=O)c1ccc(OC(F)F)c(OC)c1. The van der Waals surface area contributed by atoms with Crippen LogP contribution >= 0.6 is 0 Å². The molecule has 6 nitrogen and oxygen atoms in total. The number of likely N-dealkylation sites (N-methyl/N-ethyl adjacent to an activating group) is 1. The van der Waals surface area contributed by atoms with Crippen molar-refractivity contribution in [2.45, 2.75) is 13.5 Å². The molecule has 0 aromatic heterocycles. The number of aliphatic carboxylic acids is 1. The highest BCUT2D eigenvalue weighted by atomic mass is 19.3. The van der Waals surface area contributed by atoms with Crippen LogP contribution in [0.3, 0.4) is 0 Å². The highest BCUT2D eigenvalue weighted by molar-refractivity contribution is 5.96. The van der Waals surface area contributed by atoms with E-state index in [1.165, 1.54) is 25.3 Å². The minimum Gasteiger partial charge on any atom is -0.493 e. The first kappa shape index (κ1) is 16.7. The summed E-state index contributed by atoms with van der Waals surface area (Å²) in [7, 11) is 1.25. The monoisotopic (exact) mass is 303 g/mol. The Hall–Kier alpha value is -2.38. The molecule has 0 aliphatic rings. The van der Waals surface area contributed by atoms with Gasteiger partial charge in [0.15, 0.2) is 11.5 Å². The van der Waals surface area contributed by atoms with Crippen LogP contribution in [-0.2, 0) is 4.79 Å². The zero-order valence-corrected chi connectivity index (χ0v) is 11.5. The van der Waals surface area contributed by atoms with Gasteiger partial charge in [-0.3, -0.25) is 9.59 Å². The molecule has 1 amide bonds. The molecular formula is C13H15F2NO5. The Labute approximate surface area is 119 Å². The molecule has 0 spiro atoms. The van der Waals surface area contributed by atoms with Crippen molar-refractivity contribution in [2.24, 2.45) is 0 Å². The average molecular weight is 303 g/mol.